The van der Waals surface area contributed by atoms with Gasteiger partial charge in [0.15, 0.2) is 18.2 Å². The minimum absolute atomic E-state index is 0.0259. The fraction of sp³-hybridized carbons (Fsp3) is 0.0909. The predicted molar refractivity (Wildman–Crippen MR) is 66.8 cm³/mol. The van der Waals surface area contributed by atoms with Crippen molar-refractivity contribution in [2.45, 2.75) is 0 Å². The van der Waals surface area contributed by atoms with Gasteiger partial charge in [-0.25, -0.2) is 4.39 Å². The number of nitrogens with one attached hydrogen (secondary N) is 2. The van der Waals surface area contributed by atoms with Gasteiger partial charge in [0.05, 0.1) is 6.20 Å². The first-order chi connectivity index (χ1) is 8.65. The Balaban J connectivity index is 1.89. The molecule has 0 spiro atoms. The number of nitrogens with zero attached hydrogens (tertiary/aromatic N) is 1. The third-order valence-corrected chi connectivity index (χ3v) is 2.52. The lowest BCUT2D eigenvalue weighted by molar-refractivity contribution is -0.118. The van der Waals surface area contributed by atoms with Gasteiger partial charge in [-0.2, -0.15) is 5.10 Å². The van der Waals surface area contributed by atoms with Gasteiger partial charge in [-0.3, -0.25) is 9.89 Å². The number of H-pyrrole nitrogens is 1. The second-order valence-electron chi connectivity index (χ2n) is 3.38. The van der Waals surface area contributed by atoms with Gasteiger partial charge in [0.2, 0.25) is 0 Å². The molecule has 5 nitrogen and oxygen atoms in total. The molecule has 1 heterocycles. The quantitative estimate of drug-likeness (QED) is 0.910. The molecule has 0 radical (unpaired) electrons. The van der Waals surface area contributed by atoms with Gasteiger partial charge in [0.25, 0.3) is 5.91 Å². The number of carbonyl (C=O) groups is 1. The Kier molecular flexibility index (Phi) is 3.93. The van der Waals surface area contributed by atoms with Gasteiger partial charge in [-0.1, -0.05) is 15.9 Å². The van der Waals surface area contributed by atoms with Crippen molar-refractivity contribution in [2.24, 2.45) is 0 Å². The Morgan fingerprint density at radius 3 is 3.00 bits per heavy atom. The summed E-state index contributed by atoms with van der Waals surface area (Å²) in [6, 6.07) is 5.94. The highest BCUT2D eigenvalue weighted by Gasteiger charge is 2.08. The van der Waals surface area contributed by atoms with E-state index in [4.69, 9.17) is 4.74 Å². The van der Waals surface area contributed by atoms with Crippen LogP contribution in [0, 0.1) is 5.82 Å². The molecular formula is C11H9BrFN3O2. The van der Waals surface area contributed by atoms with Crippen LogP contribution in [-0.2, 0) is 4.79 Å². The van der Waals surface area contributed by atoms with Crippen molar-refractivity contribution in [3.63, 3.8) is 0 Å². The molecular weight excluding hydrogens is 305 g/mol. The summed E-state index contributed by atoms with van der Waals surface area (Å²) >= 11 is 3.13. The zero-order chi connectivity index (χ0) is 13.0. The lowest BCUT2D eigenvalue weighted by Gasteiger charge is -2.07. The highest BCUT2D eigenvalue weighted by molar-refractivity contribution is 9.10. The van der Waals surface area contributed by atoms with Crippen LogP contribution in [-0.4, -0.2) is 22.7 Å². The van der Waals surface area contributed by atoms with Crippen LogP contribution in [0.5, 0.6) is 5.75 Å². The zero-order valence-electron chi connectivity index (χ0n) is 9.11. The lowest BCUT2D eigenvalue weighted by Crippen LogP contribution is -2.20. The van der Waals surface area contributed by atoms with Crippen LogP contribution < -0.4 is 10.1 Å². The molecule has 0 saturated heterocycles. The monoisotopic (exact) mass is 313 g/mol. The number of aromatic nitrogens is 2. The summed E-state index contributed by atoms with van der Waals surface area (Å²) in [6.45, 7) is -0.280. The van der Waals surface area contributed by atoms with E-state index in [1.54, 1.807) is 12.1 Å². The molecule has 18 heavy (non-hydrogen) atoms. The number of anilines is 1. The van der Waals surface area contributed by atoms with E-state index >= 15 is 0 Å². The fourth-order valence-electron chi connectivity index (χ4n) is 1.25. The number of amides is 1. The molecule has 94 valence electrons. The van der Waals surface area contributed by atoms with E-state index < -0.39 is 11.7 Å². The van der Waals surface area contributed by atoms with E-state index in [2.05, 4.69) is 31.4 Å². The number of halogens is 2. The second-order valence-corrected chi connectivity index (χ2v) is 4.30. The second kappa shape index (κ2) is 5.63. The molecule has 2 N–H and O–H groups in total. The Bertz CT molecular complexity index is 545. The van der Waals surface area contributed by atoms with Crippen LogP contribution in [0.15, 0.2) is 34.9 Å². The highest BCUT2D eigenvalue weighted by Crippen LogP contribution is 2.21. The summed E-state index contributed by atoms with van der Waals surface area (Å²) in [5.74, 6) is -0.446. The van der Waals surface area contributed by atoms with Gasteiger partial charge in [0, 0.05) is 10.5 Å². The van der Waals surface area contributed by atoms with Crippen molar-refractivity contribution in [2.75, 3.05) is 11.9 Å². The van der Waals surface area contributed by atoms with Crippen LogP contribution in [0.2, 0.25) is 0 Å². The van der Waals surface area contributed by atoms with Crippen LogP contribution >= 0.6 is 15.9 Å². The number of carbonyl (C=O) groups excluding carboxylic acids is 1. The first-order valence-electron chi connectivity index (χ1n) is 5.02. The number of hydrogen-bond donors (Lipinski definition) is 2. The molecule has 0 bridgehead atoms. The molecule has 1 amide bonds. The van der Waals surface area contributed by atoms with Crippen LogP contribution in [0.4, 0.5) is 10.2 Å². The molecule has 2 aromatic rings. The molecule has 0 saturated carbocycles. The van der Waals surface area contributed by atoms with Crippen LogP contribution in [0.3, 0.4) is 0 Å². The van der Waals surface area contributed by atoms with Crippen LogP contribution in [0.1, 0.15) is 0 Å². The van der Waals surface area contributed by atoms with Crippen LogP contribution in [0.25, 0.3) is 0 Å². The maximum Gasteiger partial charge on any atom is 0.263 e. The summed E-state index contributed by atoms with van der Waals surface area (Å²) in [5.41, 5.74) is 0. The smallest absolute Gasteiger partial charge is 0.263 e. The number of rotatable bonds is 4. The maximum atomic E-state index is 13.4. The van der Waals surface area contributed by atoms with E-state index in [0.717, 1.165) is 0 Å². The van der Waals surface area contributed by atoms with E-state index in [1.165, 1.54) is 18.3 Å². The molecule has 0 fully saturated rings. The van der Waals surface area contributed by atoms with Gasteiger partial charge in [-0.05, 0) is 18.2 Å². The van der Waals surface area contributed by atoms with Gasteiger partial charge in [-0.15, -0.1) is 0 Å². The standard InChI is InChI=1S/C11H9BrFN3O2/c12-7-1-2-9(8(13)5-7)18-6-11(17)15-10-3-4-14-16-10/h1-5H,6H2,(H2,14,15,16,17). The third kappa shape index (κ3) is 3.30. The van der Waals surface area contributed by atoms with Crippen molar-refractivity contribution >= 4 is 27.7 Å². The molecule has 0 aliphatic carbocycles. The van der Waals surface area contributed by atoms with Gasteiger partial charge < -0.3 is 10.1 Å². The fourth-order valence-corrected chi connectivity index (χ4v) is 1.58. The number of benzene rings is 1. The average Bonchev–Trinajstić information content (AvgIpc) is 2.80. The minimum Gasteiger partial charge on any atom is -0.481 e. The molecule has 0 unspecified atom stereocenters. The summed E-state index contributed by atoms with van der Waals surface area (Å²) in [4.78, 5) is 11.4. The van der Waals surface area contributed by atoms with Crippen molar-refractivity contribution in [1.29, 1.82) is 0 Å². The molecule has 0 aliphatic heterocycles. The van der Waals surface area contributed by atoms with Crippen molar-refractivity contribution in [3.05, 3.63) is 40.8 Å². The maximum absolute atomic E-state index is 13.4. The largest absolute Gasteiger partial charge is 0.481 e. The molecule has 1 aromatic heterocycles. The average molecular weight is 314 g/mol. The van der Waals surface area contributed by atoms with Crippen molar-refractivity contribution < 1.29 is 13.9 Å². The van der Waals surface area contributed by atoms with Gasteiger partial charge >= 0.3 is 0 Å². The summed E-state index contributed by atoms with van der Waals surface area (Å²) in [5, 5.41) is 8.75. The van der Waals surface area contributed by atoms with Crippen molar-refractivity contribution in [3.8, 4) is 5.75 Å². The summed E-state index contributed by atoms with van der Waals surface area (Å²) in [7, 11) is 0. The van der Waals surface area contributed by atoms with E-state index in [0.29, 0.717) is 10.3 Å². The highest BCUT2D eigenvalue weighted by atomic mass is 79.9. The zero-order valence-corrected chi connectivity index (χ0v) is 10.7. The number of hydrogen-bond acceptors (Lipinski definition) is 3. The number of aromatic amines is 1. The molecule has 0 atom stereocenters. The van der Waals surface area contributed by atoms with E-state index in [1.807, 2.05) is 0 Å². The van der Waals surface area contributed by atoms with Crippen molar-refractivity contribution in [1.82, 2.24) is 10.2 Å². The minimum atomic E-state index is -0.529. The summed E-state index contributed by atoms with van der Waals surface area (Å²) < 4.78 is 19.0. The Hall–Kier alpha value is -1.89. The third-order valence-electron chi connectivity index (χ3n) is 2.03. The SMILES string of the molecule is O=C(COc1ccc(Br)cc1F)Nc1ccn[nH]1. The topological polar surface area (TPSA) is 67.0 Å². The first-order valence-corrected chi connectivity index (χ1v) is 5.81. The Morgan fingerprint density at radius 2 is 2.33 bits per heavy atom. The lowest BCUT2D eigenvalue weighted by atomic mass is 10.3. The molecule has 2 rings (SSSR count). The first kappa shape index (κ1) is 12.6. The molecule has 7 heteroatoms. The summed E-state index contributed by atoms with van der Waals surface area (Å²) in [6.07, 6.45) is 1.50. The Labute approximate surface area is 110 Å². The molecule has 1 aromatic carbocycles. The van der Waals surface area contributed by atoms with E-state index in [9.17, 15) is 9.18 Å². The Morgan fingerprint density at radius 1 is 1.50 bits per heavy atom. The predicted octanol–water partition coefficient (Wildman–Crippen LogP) is 2.33. The van der Waals surface area contributed by atoms with E-state index in [-0.39, 0.29) is 12.4 Å². The number of ether oxygens (including phenoxy) is 1. The van der Waals surface area contributed by atoms with Gasteiger partial charge in [0.1, 0.15) is 5.82 Å². The molecule has 0 aliphatic rings. The normalized spacial score (nSPS) is 10.1.